The predicted octanol–water partition coefficient (Wildman–Crippen LogP) is 7.35. The van der Waals surface area contributed by atoms with Crippen molar-refractivity contribution in [3.63, 3.8) is 0 Å². The lowest BCUT2D eigenvalue weighted by Gasteiger charge is -2.28. The maximum absolute atomic E-state index is 14.0. The first-order valence-electron chi connectivity index (χ1n) is 18.4. The van der Waals surface area contributed by atoms with Gasteiger partial charge in [0.2, 0.25) is 5.91 Å². The number of aromatic amines is 2. The van der Waals surface area contributed by atoms with Crippen LogP contribution in [0.1, 0.15) is 55.1 Å². The van der Waals surface area contributed by atoms with Gasteiger partial charge in [-0.05, 0) is 36.5 Å². The molecule has 57 heavy (non-hydrogen) atoms. The number of imidazole rings is 2. The molecule has 6 aromatic rings. The number of alkyl carbamates (subject to hydrolysis) is 2. The number of nitrogens with one attached hydrogen (secondary N) is 4. The van der Waals surface area contributed by atoms with E-state index >= 15 is 0 Å². The van der Waals surface area contributed by atoms with Gasteiger partial charge in [0.1, 0.15) is 29.8 Å². The number of thiophene rings is 2. The van der Waals surface area contributed by atoms with Gasteiger partial charge in [0.25, 0.3) is 5.91 Å². The standard InChI is InChI=1S/C41H40N8O6S2/c1-23(44-40(52)54-2)38(50)48-17-7-11-31(48)36-42-19-29(45-36)25-15-13-24(14-16-25)27-21-56-35-28(22-57-34(27)35)30-20-43-37(46-30)32-12-8-18-49(32)39(51)33(47-41(53)55-3)26-9-5-4-6-10-26/h4-7,9-11,13-16,19-23,31-33H,8,12,17-18H2,1-3H3,(H,42,45)(H,43,46)(H,44,52)(H,47,53)/t23-,31?,32+,33-/m1/s1. The number of likely N-dealkylation sites (tertiary alicyclic amines) is 1. The van der Waals surface area contributed by atoms with E-state index in [1.54, 1.807) is 45.6 Å². The van der Waals surface area contributed by atoms with Crippen LogP contribution in [0.5, 0.6) is 0 Å². The van der Waals surface area contributed by atoms with Crippen molar-refractivity contribution in [3.8, 4) is 33.6 Å². The summed E-state index contributed by atoms with van der Waals surface area (Å²) in [7, 11) is 2.54. The fraction of sp³-hybridized carbons (Fsp3) is 0.268. The van der Waals surface area contributed by atoms with Crippen molar-refractivity contribution in [2.75, 3.05) is 27.3 Å². The summed E-state index contributed by atoms with van der Waals surface area (Å²) in [6.07, 6.45) is 7.68. The fourth-order valence-corrected chi connectivity index (χ4v) is 9.88. The first-order chi connectivity index (χ1) is 27.7. The van der Waals surface area contributed by atoms with Gasteiger partial charge in [0, 0.05) is 35.0 Å². The highest BCUT2D eigenvalue weighted by Gasteiger charge is 2.37. The molecule has 4 N–H and O–H groups in total. The first-order valence-corrected chi connectivity index (χ1v) is 20.2. The minimum Gasteiger partial charge on any atom is -0.453 e. The van der Waals surface area contributed by atoms with Gasteiger partial charge in [-0.15, -0.1) is 22.7 Å². The minimum absolute atomic E-state index is 0.211. The van der Waals surface area contributed by atoms with E-state index in [0.717, 1.165) is 51.2 Å². The van der Waals surface area contributed by atoms with Crippen LogP contribution in [0.4, 0.5) is 9.59 Å². The van der Waals surface area contributed by atoms with Gasteiger partial charge >= 0.3 is 12.2 Å². The normalized spacial score (nSPS) is 17.5. The quantitative estimate of drug-likeness (QED) is 0.104. The second-order valence-electron chi connectivity index (χ2n) is 13.8. The van der Waals surface area contributed by atoms with Crippen molar-refractivity contribution in [1.82, 2.24) is 40.4 Å². The summed E-state index contributed by atoms with van der Waals surface area (Å²) in [5, 5.41) is 9.58. The van der Waals surface area contributed by atoms with Crippen molar-refractivity contribution < 1.29 is 28.7 Å². The minimum atomic E-state index is -0.883. The number of fused-ring (bicyclic) bond motifs is 1. The van der Waals surface area contributed by atoms with Gasteiger partial charge in [-0.2, -0.15) is 0 Å². The molecule has 16 heteroatoms. The zero-order valence-electron chi connectivity index (χ0n) is 31.4. The molecule has 0 spiro atoms. The van der Waals surface area contributed by atoms with Gasteiger partial charge in [-0.1, -0.05) is 66.7 Å². The number of carbonyl (C=O) groups excluding carboxylic acids is 4. The average molecular weight is 805 g/mol. The maximum Gasteiger partial charge on any atom is 0.407 e. The van der Waals surface area contributed by atoms with Crippen LogP contribution in [0.15, 0.2) is 89.9 Å². The third-order valence-corrected chi connectivity index (χ3v) is 12.5. The molecule has 1 unspecified atom stereocenters. The molecule has 4 atom stereocenters. The Morgan fingerprint density at radius 2 is 1.44 bits per heavy atom. The molecule has 292 valence electrons. The number of H-pyrrole nitrogens is 2. The summed E-state index contributed by atoms with van der Waals surface area (Å²) in [6.45, 7) is 2.59. The topological polar surface area (TPSA) is 175 Å². The molecule has 2 aliphatic rings. The van der Waals surface area contributed by atoms with Crippen LogP contribution in [-0.4, -0.2) is 87.1 Å². The van der Waals surface area contributed by atoms with Crippen LogP contribution in [0.3, 0.4) is 0 Å². The van der Waals surface area contributed by atoms with Gasteiger partial charge in [0.05, 0.1) is 53.4 Å². The summed E-state index contributed by atoms with van der Waals surface area (Å²) in [6, 6.07) is 15.2. The Morgan fingerprint density at radius 1 is 0.789 bits per heavy atom. The molecule has 0 bridgehead atoms. The summed E-state index contributed by atoms with van der Waals surface area (Å²) in [4.78, 5) is 70.7. The molecule has 2 aliphatic heterocycles. The number of methoxy groups -OCH3 is 2. The lowest BCUT2D eigenvalue weighted by Crippen LogP contribution is -2.47. The highest BCUT2D eigenvalue weighted by Crippen LogP contribution is 2.44. The van der Waals surface area contributed by atoms with E-state index in [9.17, 15) is 19.2 Å². The molecular weight excluding hydrogens is 765 g/mol. The Labute approximate surface area is 335 Å². The Morgan fingerprint density at radius 3 is 2.19 bits per heavy atom. The number of ether oxygens (including phenoxy) is 2. The lowest BCUT2D eigenvalue weighted by atomic mass is 10.0. The lowest BCUT2D eigenvalue weighted by molar-refractivity contribution is -0.135. The first kappa shape index (κ1) is 37.7. The highest BCUT2D eigenvalue weighted by atomic mass is 32.1. The van der Waals surface area contributed by atoms with Crippen LogP contribution in [0.2, 0.25) is 0 Å². The van der Waals surface area contributed by atoms with E-state index in [-0.39, 0.29) is 23.9 Å². The average Bonchev–Trinajstić information content (AvgIpc) is 4.09. The fourth-order valence-electron chi connectivity index (χ4n) is 7.44. The Bertz CT molecular complexity index is 2450. The number of hydrogen-bond donors (Lipinski definition) is 4. The van der Waals surface area contributed by atoms with Crippen molar-refractivity contribution >= 4 is 56.1 Å². The molecule has 0 radical (unpaired) electrons. The number of amides is 4. The summed E-state index contributed by atoms with van der Waals surface area (Å²) >= 11 is 3.36. The number of rotatable bonds is 10. The Hall–Kier alpha value is -6.26. The van der Waals surface area contributed by atoms with Gasteiger partial charge in [-0.25, -0.2) is 19.6 Å². The molecule has 4 amide bonds. The third kappa shape index (κ3) is 7.40. The van der Waals surface area contributed by atoms with Crippen molar-refractivity contribution in [1.29, 1.82) is 0 Å². The van der Waals surface area contributed by atoms with E-state index in [2.05, 4.69) is 65.3 Å². The molecule has 1 saturated heterocycles. The SMILES string of the molecule is COC(=O)N[C@H](C)C(=O)N1CC=CC1c1ncc(-c2ccc(-c3csc4c(-c5cnc([C@@H]6CCCN6C(=O)[C@H](NC(=O)OC)c6ccccc6)[nH]5)csc34)cc2)[nH]1. The van der Waals surface area contributed by atoms with Crippen LogP contribution < -0.4 is 10.6 Å². The van der Waals surface area contributed by atoms with Crippen molar-refractivity contribution in [2.45, 2.75) is 43.9 Å². The zero-order chi connectivity index (χ0) is 39.6. The molecule has 4 aromatic heterocycles. The van der Waals surface area contributed by atoms with Gasteiger partial charge in [-0.3, -0.25) is 9.59 Å². The summed E-state index contributed by atoms with van der Waals surface area (Å²) in [5.74, 6) is 0.897. The third-order valence-electron chi connectivity index (χ3n) is 10.4. The number of nitrogens with zero attached hydrogens (tertiary/aromatic N) is 4. The van der Waals surface area contributed by atoms with Gasteiger partial charge in [0.15, 0.2) is 0 Å². The molecule has 14 nitrogen and oxygen atoms in total. The molecule has 1 fully saturated rings. The second-order valence-corrected chi connectivity index (χ2v) is 15.5. The van der Waals surface area contributed by atoms with E-state index in [4.69, 9.17) is 9.72 Å². The molecule has 6 heterocycles. The Kier molecular flexibility index (Phi) is 10.6. The molecule has 0 aliphatic carbocycles. The molecule has 8 rings (SSSR count). The van der Waals surface area contributed by atoms with Crippen LogP contribution in [-0.2, 0) is 19.1 Å². The molecule has 2 aromatic carbocycles. The predicted molar refractivity (Wildman–Crippen MR) is 217 cm³/mol. The highest BCUT2D eigenvalue weighted by molar-refractivity contribution is 7.27. The largest absolute Gasteiger partial charge is 0.453 e. The number of aromatic nitrogens is 4. The zero-order valence-corrected chi connectivity index (χ0v) is 33.0. The maximum atomic E-state index is 14.0. The summed E-state index contributed by atoms with van der Waals surface area (Å²) in [5.41, 5.74) is 6.62. The van der Waals surface area contributed by atoms with Crippen molar-refractivity contribution in [2.24, 2.45) is 0 Å². The molecule has 0 saturated carbocycles. The van der Waals surface area contributed by atoms with Crippen LogP contribution >= 0.6 is 22.7 Å². The van der Waals surface area contributed by atoms with E-state index in [1.807, 2.05) is 48.7 Å². The monoisotopic (exact) mass is 804 g/mol. The molecular formula is C41H40N8O6S2. The number of carbonyl (C=O) groups is 4. The van der Waals surface area contributed by atoms with Crippen LogP contribution in [0, 0.1) is 0 Å². The smallest absolute Gasteiger partial charge is 0.407 e. The van der Waals surface area contributed by atoms with E-state index in [0.29, 0.717) is 30.3 Å². The van der Waals surface area contributed by atoms with Crippen LogP contribution in [0.25, 0.3) is 43.0 Å². The van der Waals surface area contributed by atoms with Crippen molar-refractivity contribution in [3.05, 3.63) is 107 Å². The Balaban J connectivity index is 0.969. The second kappa shape index (κ2) is 16.1. The summed E-state index contributed by atoms with van der Waals surface area (Å²) < 4.78 is 11.8. The van der Waals surface area contributed by atoms with E-state index < -0.39 is 24.3 Å². The van der Waals surface area contributed by atoms with Gasteiger partial charge < -0.3 is 39.9 Å². The number of hydrogen-bond acceptors (Lipinski definition) is 10. The number of benzene rings is 2. The van der Waals surface area contributed by atoms with E-state index in [1.165, 1.54) is 18.9 Å².